The van der Waals surface area contributed by atoms with E-state index in [4.69, 9.17) is 0 Å². The minimum absolute atomic E-state index is 0.147. The predicted molar refractivity (Wildman–Crippen MR) is 60.2 cm³/mol. The molecule has 1 aromatic heterocycles. The van der Waals surface area contributed by atoms with Gasteiger partial charge in [-0.25, -0.2) is 0 Å². The minimum Gasteiger partial charge on any atom is -0.481 e. The lowest BCUT2D eigenvalue weighted by Crippen LogP contribution is -2.20. The molecule has 2 rings (SSSR count). The van der Waals surface area contributed by atoms with Crippen LogP contribution in [0, 0.1) is 5.92 Å². The number of carbonyl (C=O) groups is 1. The number of hydrogen-bond acceptors (Lipinski definition) is 2. The van der Waals surface area contributed by atoms with Gasteiger partial charge in [-0.2, -0.15) is 5.10 Å². The molecular formula is C12H18N2O2. The maximum atomic E-state index is 11.3. The monoisotopic (exact) mass is 222 g/mol. The molecule has 0 amide bonds. The average molecular weight is 222 g/mol. The standard InChI is InChI=1S/C12H18N2O2/c1-14-8-9(7-13-14)10-5-3-2-4-6-11(10)12(15)16/h7-8,10-11H,2-6H2,1H3,(H,15,16). The maximum Gasteiger partial charge on any atom is 0.307 e. The molecular weight excluding hydrogens is 204 g/mol. The second-order valence-corrected chi connectivity index (χ2v) is 4.64. The SMILES string of the molecule is Cn1cc(C2CCCCCC2C(=O)O)cn1. The Labute approximate surface area is 95.3 Å². The van der Waals surface area contributed by atoms with E-state index in [-0.39, 0.29) is 11.8 Å². The van der Waals surface area contributed by atoms with Gasteiger partial charge < -0.3 is 5.11 Å². The minimum atomic E-state index is -0.657. The third-order valence-corrected chi connectivity index (χ3v) is 3.49. The van der Waals surface area contributed by atoms with Crippen LogP contribution in [0.5, 0.6) is 0 Å². The summed E-state index contributed by atoms with van der Waals surface area (Å²) in [7, 11) is 1.87. The van der Waals surface area contributed by atoms with Gasteiger partial charge in [0.2, 0.25) is 0 Å². The first-order chi connectivity index (χ1) is 7.68. The Morgan fingerprint density at radius 1 is 1.44 bits per heavy atom. The Kier molecular flexibility index (Phi) is 3.27. The largest absolute Gasteiger partial charge is 0.481 e. The topological polar surface area (TPSA) is 55.1 Å². The lowest BCUT2D eigenvalue weighted by molar-refractivity contribution is -0.142. The van der Waals surface area contributed by atoms with E-state index in [1.54, 1.807) is 4.68 Å². The molecule has 0 saturated heterocycles. The Bertz CT molecular complexity index is 373. The summed E-state index contributed by atoms with van der Waals surface area (Å²) in [6.45, 7) is 0. The van der Waals surface area contributed by atoms with E-state index in [0.717, 1.165) is 37.7 Å². The summed E-state index contributed by atoms with van der Waals surface area (Å²) in [5, 5.41) is 13.4. The van der Waals surface area contributed by atoms with E-state index in [1.165, 1.54) is 0 Å². The van der Waals surface area contributed by atoms with Crippen molar-refractivity contribution in [1.82, 2.24) is 9.78 Å². The zero-order valence-electron chi connectivity index (χ0n) is 9.59. The molecule has 1 fully saturated rings. The third-order valence-electron chi connectivity index (χ3n) is 3.49. The van der Waals surface area contributed by atoms with Gasteiger partial charge in [-0.1, -0.05) is 19.3 Å². The first-order valence-electron chi connectivity index (χ1n) is 5.90. The fourth-order valence-corrected chi connectivity index (χ4v) is 2.63. The van der Waals surface area contributed by atoms with Gasteiger partial charge in [0, 0.05) is 19.2 Å². The van der Waals surface area contributed by atoms with E-state index in [2.05, 4.69) is 5.10 Å². The van der Waals surface area contributed by atoms with Crippen molar-refractivity contribution in [3.05, 3.63) is 18.0 Å². The second kappa shape index (κ2) is 4.68. The number of rotatable bonds is 2. The molecule has 1 aliphatic carbocycles. The smallest absolute Gasteiger partial charge is 0.307 e. The number of aromatic nitrogens is 2. The van der Waals surface area contributed by atoms with E-state index >= 15 is 0 Å². The molecule has 0 radical (unpaired) electrons. The molecule has 0 bridgehead atoms. The number of nitrogens with zero attached hydrogens (tertiary/aromatic N) is 2. The van der Waals surface area contributed by atoms with Gasteiger partial charge in [0.25, 0.3) is 0 Å². The van der Waals surface area contributed by atoms with E-state index in [9.17, 15) is 9.90 Å². The normalized spacial score (nSPS) is 26.3. The van der Waals surface area contributed by atoms with Crippen molar-refractivity contribution in [2.45, 2.75) is 38.0 Å². The van der Waals surface area contributed by atoms with Crippen molar-refractivity contribution in [1.29, 1.82) is 0 Å². The summed E-state index contributed by atoms with van der Waals surface area (Å²) in [6, 6.07) is 0. The molecule has 0 aromatic carbocycles. The molecule has 2 unspecified atom stereocenters. The fourth-order valence-electron chi connectivity index (χ4n) is 2.63. The van der Waals surface area contributed by atoms with Crippen molar-refractivity contribution in [2.75, 3.05) is 0 Å². The van der Waals surface area contributed by atoms with Crippen LogP contribution in [-0.4, -0.2) is 20.9 Å². The molecule has 1 aromatic rings. The molecule has 88 valence electrons. The predicted octanol–water partition coefficient (Wildman–Crippen LogP) is 2.17. The summed E-state index contributed by atoms with van der Waals surface area (Å²) in [4.78, 5) is 11.3. The number of carboxylic acids is 1. The molecule has 0 aliphatic heterocycles. The van der Waals surface area contributed by atoms with Gasteiger partial charge in [-0.05, 0) is 18.4 Å². The Hall–Kier alpha value is -1.32. The fraction of sp³-hybridized carbons (Fsp3) is 0.667. The highest BCUT2D eigenvalue weighted by Crippen LogP contribution is 2.36. The second-order valence-electron chi connectivity index (χ2n) is 4.64. The van der Waals surface area contributed by atoms with Gasteiger partial charge in [0.05, 0.1) is 12.1 Å². The highest BCUT2D eigenvalue weighted by molar-refractivity contribution is 5.71. The van der Waals surface area contributed by atoms with Crippen LogP contribution in [0.15, 0.2) is 12.4 Å². The first-order valence-corrected chi connectivity index (χ1v) is 5.90. The number of hydrogen-bond donors (Lipinski definition) is 1. The maximum absolute atomic E-state index is 11.3. The molecule has 16 heavy (non-hydrogen) atoms. The van der Waals surface area contributed by atoms with Gasteiger partial charge in [0.15, 0.2) is 0 Å². The summed E-state index contributed by atoms with van der Waals surface area (Å²) >= 11 is 0. The molecule has 4 nitrogen and oxygen atoms in total. The Morgan fingerprint density at radius 2 is 2.19 bits per heavy atom. The first kappa shape index (κ1) is 11.2. The lowest BCUT2D eigenvalue weighted by atomic mass is 9.84. The van der Waals surface area contributed by atoms with Crippen LogP contribution in [0.1, 0.15) is 43.6 Å². The van der Waals surface area contributed by atoms with Crippen molar-refractivity contribution in [2.24, 2.45) is 13.0 Å². The molecule has 1 saturated carbocycles. The summed E-state index contributed by atoms with van der Waals surface area (Å²) < 4.78 is 1.75. The van der Waals surface area contributed by atoms with Gasteiger partial charge >= 0.3 is 5.97 Å². The van der Waals surface area contributed by atoms with E-state index in [0.29, 0.717) is 0 Å². The van der Waals surface area contributed by atoms with E-state index < -0.39 is 5.97 Å². The average Bonchev–Trinajstić information content (AvgIpc) is 2.54. The highest BCUT2D eigenvalue weighted by atomic mass is 16.4. The van der Waals surface area contributed by atoms with Gasteiger partial charge in [-0.3, -0.25) is 9.48 Å². The molecule has 1 aliphatic rings. The van der Waals surface area contributed by atoms with Crippen molar-refractivity contribution in [3.8, 4) is 0 Å². The van der Waals surface area contributed by atoms with Crippen LogP contribution >= 0.6 is 0 Å². The lowest BCUT2D eigenvalue weighted by Gasteiger charge is -2.19. The number of carboxylic acid groups (broad SMARTS) is 1. The quantitative estimate of drug-likeness (QED) is 0.780. The molecule has 0 spiro atoms. The highest BCUT2D eigenvalue weighted by Gasteiger charge is 2.31. The van der Waals surface area contributed by atoms with Crippen LogP contribution in [0.2, 0.25) is 0 Å². The van der Waals surface area contributed by atoms with E-state index in [1.807, 2.05) is 19.4 Å². The summed E-state index contributed by atoms with van der Waals surface area (Å²) in [6.07, 6.45) is 8.85. The number of aryl methyl sites for hydroxylation is 1. The van der Waals surface area contributed by atoms with Crippen LogP contribution < -0.4 is 0 Å². The summed E-state index contributed by atoms with van der Waals surface area (Å²) in [5.74, 6) is -0.740. The van der Waals surface area contributed by atoms with Crippen molar-refractivity contribution in [3.63, 3.8) is 0 Å². The van der Waals surface area contributed by atoms with Gasteiger partial charge in [0.1, 0.15) is 0 Å². The third kappa shape index (κ3) is 2.26. The molecule has 1 N–H and O–H groups in total. The Balaban J connectivity index is 2.23. The zero-order valence-corrected chi connectivity index (χ0v) is 9.59. The van der Waals surface area contributed by atoms with Crippen LogP contribution in [-0.2, 0) is 11.8 Å². The molecule has 2 atom stereocenters. The van der Waals surface area contributed by atoms with Gasteiger partial charge in [-0.15, -0.1) is 0 Å². The zero-order chi connectivity index (χ0) is 11.5. The van der Waals surface area contributed by atoms with Crippen LogP contribution in [0.4, 0.5) is 0 Å². The molecule has 4 heteroatoms. The summed E-state index contributed by atoms with van der Waals surface area (Å²) in [5.41, 5.74) is 1.08. The Morgan fingerprint density at radius 3 is 2.81 bits per heavy atom. The van der Waals surface area contributed by atoms with Crippen LogP contribution in [0.3, 0.4) is 0 Å². The number of aliphatic carboxylic acids is 1. The van der Waals surface area contributed by atoms with Crippen molar-refractivity contribution < 1.29 is 9.90 Å². The van der Waals surface area contributed by atoms with Crippen LogP contribution in [0.25, 0.3) is 0 Å². The molecule has 1 heterocycles. The van der Waals surface area contributed by atoms with Crippen molar-refractivity contribution >= 4 is 5.97 Å².